The fraction of sp³-hybridized carbons (Fsp3) is 0.500. The summed E-state index contributed by atoms with van der Waals surface area (Å²) in [5.74, 6) is 0.221. The molecule has 1 aliphatic rings. The van der Waals surface area contributed by atoms with E-state index >= 15 is 0 Å². The zero-order valence-corrected chi connectivity index (χ0v) is 13.6. The summed E-state index contributed by atoms with van der Waals surface area (Å²) < 4.78 is 1.74. The van der Waals surface area contributed by atoms with Crippen LogP contribution in [-0.4, -0.2) is 26.9 Å². The van der Waals surface area contributed by atoms with Gasteiger partial charge in [0.2, 0.25) is 0 Å². The maximum atomic E-state index is 12.5. The lowest BCUT2D eigenvalue weighted by Gasteiger charge is -2.37. The molecule has 1 saturated carbocycles. The van der Waals surface area contributed by atoms with Gasteiger partial charge in [-0.05, 0) is 31.2 Å². The second kappa shape index (κ2) is 6.22. The molecule has 6 heteroatoms. The van der Waals surface area contributed by atoms with Crippen molar-refractivity contribution < 1.29 is 9.90 Å². The Hall–Kier alpha value is -1.66. The molecular formula is C16H21N3O2S. The molecule has 0 bridgehead atoms. The van der Waals surface area contributed by atoms with Gasteiger partial charge in [-0.3, -0.25) is 9.48 Å². The maximum absolute atomic E-state index is 12.5. The summed E-state index contributed by atoms with van der Waals surface area (Å²) >= 11 is 1.62. The molecule has 2 aromatic rings. The third-order valence-corrected chi connectivity index (χ3v) is 5.34. The zero-order valence-electron chi connectivity index (χ0n) is 12.8. The second-order valence-electron chi connectivity index (χ2n) is 5.94. The van der Waals surface area contributed by atoms with Gasteiger partial charge in [-0.1, -0.05) is 6.92 Å². The Kier molecular flexibility index (Phi) is 4.31. The van der Waals surface area contributed by atoms with Gasteiger partial charge in [0.15, 0.2) is 0 Å². The fourth-order valence-electron chi connectivity index (χ4n) is 2.89. The lowest BCUT2D eigenvalue weighted by atomic mass is 9.75. The smallest absolute Gasteiger partial charge is 0.252 e. The summed E-state index contributed by atoms with van der Waals surface area (Å²) in [6.45, 7) is 2.09. The van der Waals surface area contributed by atoms with Gasteiger partial charge in [-0.2, -0.15) is 5.10 Å². The normalized spacial score (nSPS) is 22.1. The van der Waals surface area contributed by atoms with E-state index in [0.717, 1.165) is 30.4 Å². The van der Waals surface area contributed by atoms with Crippen molar-refractivity contribution in [2.24, 2.45) is 13.0 Å². The number of hydrogen-bond acceptors (Lipinski definition) is 4. The number of carbonyl (C=O) groups is 1. The summed E-state index contributed by atoms with van der Waals surface area (Å²) in [5.41, 5.74) is 1.72. The van der Waals surface area contributed by atoms with Crippen molar-refractivity contribution in [1.82, 2.24) is 15.1 Å². The Morgan fingerprint density at radius 2 is 2.36 bits per heavy atom. The minimum absolute atomic E-state index is 0.0498. The highest BCUT2D eigenvalue weighted by molar-refractivity contribution is 7.10. The van der Waals surface area contributed by atoms with Gasteiger partial charge in [0.05, 0.1) is 23.9 Å². The highest BCUT2D eigenvalue weighted by atomic mass is 32.1. The number of hydrogen-bond donors (Lipinski definition) is 2. The van der Waals surface area contributed by atoms with Crippen molar-refractivity contribution in [3.63, 3.8) is 0 Å². The molecular weight excluding hydrogens is 298 g/mol. The molecule has 0 aliphatic heterocycles. The molecule has 2 heterocycles. The number of aliphatic hydroxyl groups is 1. The van der Waals surface area contributed by atoms with Gasteiger partial charge >= 0.3 is 0 Å². The topological polar surface area (TPSA) is 67.2 Å². The molecule has 22 heavy (non-hydrogen) atoms. The summed E-state index contributed by atoms with van der Waals surface area (Å²) in [7, 11) is 1.87. The summed E-state index contributed by atoms with van der Waals surface area (Å²) in [4.78, 5) is 13.7. The molecule has 118 valence electrons. The van der Waals surface area contributed by atoms with Crippen LogP contribution in [0.25, 0.3) is 0 Å². The minimum atomic E-state index is -0.242. The molecule has 0 aromatic carbocycles. The maximum Gasteiger partial charge on any atom is 0.252 e. The van der Waals surface area contributed by atoms with E-state index in [4.69, 9.17) is 0 Å². The summed E-state index contributed by atoms with van der Waals surface area (Å²) in [5, 5.41) is 18.8. The van der Waals surface area contributed by atoms with Crippen molar-refractivity contribution in [3.05, 3.63) is 39.8 Å². The molecule has 1 fully saturated rings. The Balaban J connectivity index is 1.76. The average molecular weight is 319 g/mol. The largest absolute Gasteiger partial charge is 0.393 e. The van der Waals surface area contributed by atoms with Crippen LogP contribution < -0.4 is 5.32 Å². The number of nitrogens with zero attached hydrogens (tertiary/aromatic N) is 2. The van der Waals surface area contributed by atoms with Crippen LogP contribution in [0, 0.1) is 5.92 Å². The molecule has 0 unspecified atom stereocenters. The van der Waals surface area contributed by atoms with Gasteiger partial charge in [0.1, 0.15) is 0 Å². The number of nitrogens with one attached hydrogen (secondary N) is 1. The average Bonchev–Trinajstić information content (AvgIpc) is 3.10. The predicted molar refractivity (Wildman–Crippen MR) is 85.8 cm³/mol. The van der Waals surface area contributed by atoms with E-state index in [1.165, 1.54) is 4.88 Å². The van der Waals surface area contributed by atoms with Crippen molar-refractivity contribution in [3.8, 4) is 0 Å². The summed E-state index contributed by atoms with van der Waals surface area (Å²) in [6, 6.07) is 1.87. The number of carbonyl (C=O) groups excluding carboxylic acids is 1. The third kappa shape index (κ3) is 3.08. The first kappa shape index (κ1) is 15.2. The molecule has 5 nitrogen and oxygen atoms in total. The number of aromatic nitrogens is 2. The Morgan fingerprint density at radius 1 is 1.59 bits per heavy atom. The fourth-order valence-corrected chi connectivity index (χ4v) is 3.70. The monoisotopic (exact) mass is 319 g/mol. The molecule has 2 N–H and O–H groups in total. The number of thiophene rings is 1. The van der Waals surface area contributed by atoms with Crippen LogP contribution in [0.5, 0.6) is 0 Å². The van der Waals surface area contributed by atoms with Gasteiger partial charge in [-0.25, -0.2) is 0 Å². The first-order valence-corrected chi connectivity index (χ1v) is 8.49. The number of amides is 1. The highest BCUT2D eigenvalue weighted by Gasteiger charge is 2.36. The molecule has 1 aliphatic carbocycles. The van der Waals surface area contributed by atoms with E-state index < -0.39 is 0 Å². The van der Waals surface area contributed by atoms with Crippen LogP contribution in [0.15, 0.2) is 23.8 Å². The van der Waals surface area contributed by atoms with Gasteiger partial charge in [0.25, 0.3) is 5.91 Å². The third-order valence-electron chi connectivity index (χ3n) is 4.26. The van der Waals surface area contributed by atoms with Gasteiger partial charge in [0, 0.05) is 29.1 Å². The lowest BCUT2D eigenvalue weighted by molar-refractivity contribution is 0.0235. The first-order valence-electron chi connectivity index (χ1n) is 7.61. The molecule has 1 amide bonds. The van der Waals surface area contributed by atoms with Gasteiger partial charge in [-0.15, -0.1) is 11.3 Å². The van der Waals surface area contributed by atoms with Crippen molar-refractivity contribution >= 4 is 17.2 Å². The zero-order chi connectivity index (χ0) is 15.7. The Labute approximate surface area is 134 Å². The number of aliphatic hydroxyl groups excluding tert-OH is 1. The van der Waals surface area contributed by atoms with Crippen molar-refractivity contribution in [2.75, 3.05) is 0 Å². The standard InChI is InChI=1S/C16H21N3O2S/c1-3-14-6-11(9-22-14)16(21)18-15(10-4-13(20)5-10)12-7-17-19(2)8-12/h6-10,13,15,20H,3-5H2,1-2H3,(H,18,21)/t10?,13?,15-/m0/s1. The number of rotatable bonds is 5. The SMILES string of the molecule is CCc1cc(C(=O)N[C@H](c2cnn(C)c2)C2CC(O)C2)cs1. The highest BCUT2D eigenvalue weighted by Crippen LogP contribution is 2.38. The van der Waals surface area contributed by atoms with E-state index in [0.29, 0.717) is 0 Å². The van der Waals surface area contributed by atoms with E-state index in [2.05, 4.69) is 17.3 Å². The predicted octanol–water partition coefficient (Wildman–Crippen LogP) is 2.29. The molecule has 2 aromatic heterocycles. The van der Waals surface area contributed by atoms with E-state index in [1.807, 2.05) is 24.7 Å². The molecule has 3 rings (SSSR count). The molecule has 0 spiro atoms. The molecule has 0 radical (unpaired) electrons. The molecule has 1 atom stereocenters. The van der Waals surface area contributed by atoms with Crippen molar-refractivity contribution in [2.45, 2.75) is 38.3 Å². The van der Waals surface area contributed by atoms with Crippen LogP contribution >= 0.6 is 11.3 Å². The number of aryl methyl sites for hydroxylation is 2. The van der Waals surface area contributed by atoms with Crippen LogP contribution in [0.1, 0.15) is 46.6 Å². The molecule has 0 saturated heterocycles. The van der Waals surface area contributed by atoms with Crippen LogP contribution in [0.4, 0.5) is 0 Å². The van der Waals surface area contributed by atoms with Crippen molar-refractivity contribution in [1.29, 1.82) is 0 Å². The van der Waals surface area contributed by atoms with E-state index in [1.54, 1.807) is 22.2 Å². The Morgan fingerprint density at radius 3 is 2.91 bits per heavy atom. The first-order chi connectivity index (χ1) is 10.6. The lowest BCUT2D eigenvalue weighted by Crippen LogP contribution is -2.41. The van der Waals surface area contributed by atoms with Crippen LogP contribution in [0.3, 0.4) is 0 Å². The van der Waals surface area contributed by atoms with E-state index in [9.17, 15) is 9.90 Å². The summed E-state index contributed by atoms with van der Waals surface area (Å²) in [6.07, 6.45) is 5.88. The minimum Gasteiger partial charge on any atom is -0.393 e. The Bertz CT molecular complexity index is 658. The quantitative estimate of drug-likeness (QED) is 0.888. The van der Waals surface area contributed by atoms with Gasteiger partial charge < -0.3 is 10.4 Å². The van der Waals surface area contributed by atoms with Crippen LogP contribution in [0.2, 0.25) is 0 Å². The van der Waals surface area contributed by atoms with Crippen LogP contribution in [-0.2, 0) is 13.5 Å². The van der Waals surface area contributed by atoms with E-state index in [-0.39, 0.29) is 24.0 Å². The second-order valence-corrected chi connectivity index (χ2v) is 6.93.